The predicted molar refractivity (Wildman–Crippen MR) is 121 cm³/mol. The molecule has 0 spiro atoms. The highest BCUT2D eigenvalue weighted by Gasteiger charge is 2.14. The quantitative estimate of drug-likeness (QED) is 0.615. The lowest BCUT2D eigenvalue weighted by Gasteiger charge is -2.15. The monoisotopic (exact) mass is 419 g/mol. The van der Waals surface area contributed by atoms with Crippen molar-refractivity contribution in [1.82, 2.24) is 10.2 Å². The topological polar surface area (TPSA) is 88.6 Å². The molecule has 0 aliphatic carbocycles. The highest BCUT2D eigenvalue weighted by Crippen LogP contribution is 2.29. The fraction of sp³-hybridized carbons (Fsp3) is 0.261. The first-order valence-corrected chi connectivity index (χ1v) is 10.2. The molecular formula is C23H25N5O3. The van der Waals surface area contributed by atoms with Crippen molar-refractivity contribution in [2.45, 2.75) is 12.8 Å². The van der Waals surface area contributed by atoms with Crippen molar-refractivity contribution in [2.75, 3.05) is 42.8 Å². The number of methoxy groups -OCH3 is 2. The third-order valence-corrected chi connectivity index (χ3v) is 5.17. The molecule has 2 amide bonds. The Hall–Kier alpha value is -3.81. The van der Waals surface area contributed by atoms with Crippen molar-refractivity contribution in [2.24, 2.45) is 0 Å². The Kier molecular flexibility index (Phi) is 6.16. The number of carbonyl (C=O) groups excluding carboxylic acids is 1. The van der Waals surface area contributed by atoms with Gasteiger partial charge >= 0.3 is 6.03 Å². The SMILES string of the molecule is COc1ccc(OC)c(NC(=O)Nc2ccc(-c3ccc(N4CCCC4)nn3)cc2)c1. The number of urea groups is 1. The summed E-state index contributed by atoms with van der Waals surface area (Å²) >= 11 is 0. The molecule has 8 nitrogen and oxygen atoms in total. The van der Waals surface area contributed by atoms with Crippen molar-refractivity contribution in [3.8, 4) is 22.8 Å². The van der Waals surface area contributed by atoms with Crippen LogP contribution < -0.4 is 25.0 Å². The second-order valence-electron chi connectivity index (χ2n) is 7.19. The summed E-state index contributed by atoms with van der Waals surface area (Å²) in [6.45, 7) is 2.08. The van der Waals surface area contributed by atoms with Crippen molar-refractivity contribution < 1.29 is 14.3 Å². The molecule has 1 aliphatic heterocycles. The Morgan fingerprint density at radius 3 is 2.32 bits per heavy atom. The number of carbonyl (C=O) groups is 1. The maximum atomic E-state index is 12.4. The Morgan fingerprint density at radius 1 is 0.903 bits per heavy atom. The maximum absolute atomic E-state index is 12.4. The van der Waals surface area contributed by atoms with Gasteiger partial charge in [-0.3, -0.25) is 0 Å². The van der Waals surface area contributed by atoms with E-state index in [2.05, 4.69) is 25.7 Å². The minimum absolute atomic E-state index is 0.380. The average molecular weight is 419 g/mol. The second-order valence-corrected chi connectivity index (χ2v) is 7.19. The van der Waals surface area contributed by atoms with Crippen LogP contribution in [0.5, 0.6) is 11.5 Å². The third kappa shape index (κ3) is 4.85. The largest absolute Gasteiger partial charge is 0.497 e. The van der Waals surface area contributed by atoms with Crippen LogP contribution in [0.25, 0.3) is 11.3 Å². The van der Waals surface area contributed by atoms with Gasteiger partial charge in [0.1, 0.15) is 11.5 Å². The third-order valence-electron chi connectivity index (χ3n) is 5.17. The van der Waals surface area contributed by atoms with E-state index in [1.807, 2.05) is 36.4 Å². The Labute approximate surface area is 181 Å². The van der Waals surface area contributed by atoms with Crippen LogP contribution in [-0.4, -0.2) is 43.5 Å². The molecule has 1 aliphatic rings. The van der Waals surface area contributed by atoms with Gasteiger partial charge in [-0.15, -0.1) is 10.2 Å². The van der Waals surface area contributed by atoms with Gasteiger partial charge in [-0.25, -0.2) is 4.79 Å². The minimum atomic E-state index is -0.380. The highest BCUT2D eigenvalue weighted by atomic mass is 16.5. The van der Waals surface area contributed by atoms with Gasteiger partial charge in [0, 0.05) is 30.4 Å². The molecule has 1 fully saturated rings. The van der Waals surface area contributed by atoms with Crippen LogP contribution in [0.2, 0.25) is 0 Å². The van der Waals surface area contributed by atoms with E-state index in [0.717, 1.165) is 30.2 Å². The van der Waals surface area contributed by atoms with Gasteiger partial charge in [0.05, 0.1) is 25.6 Å². The number of rotatable bonds is 6. The Morgan fingerprint density at radius 2 is 1.68 bits per heavy atom. The van der Waals surface area contributed by atoms with E-state index in [0.29, 0.717) is 22.9 Å². The van der Waals surface area contributed by atoms with E-state index in [9.17, 15) is 4.79 Å². The molecule has 160 valence electrons. The average Bonchev–Trinajstić information content (AvgIpc) is 3.34. The summed E-state index contributed by atoms with van der Waals surface area (Å²) in [7, 11) is 3.11. The van der Waals surface area contributed by atoms with Crippen LogP contribution >= 0.6 is 0 Å². The van der Waals surface area contributed by atoms with Crippen molar-refractivity contribution in [3.63, 3.8) is 0 Å². The van der Waals surface area contributed by atoms with Crippen molar-refractivity contribution in [3.05, 3.63) is 54.6 Å². The standard InChI is InChI=1S/C23H25N5O3/c1-30-18-9-11-21(31-2)20(15-18)25-23(29)24-17-7-5-16(6-8-17)19-10-12-22(27-26-19)28-13-3-4-14-28/h5-12,15H,3-4,13-14H2,1-2H3,(H2,24,25,29). The molecule has 0 saturated carbocycles. The molecule has 0 unspecified atom stereocenters. The highest BCUT2D eigenvalue weighted by molar-refractivity contribution is 6.00. The Bertz CT molecular complexity index is 1030. The summed E-state index contributed by atoms with van der Waals surface area (Å²) in [5.41, 5.74) is 2.90. The number of benzene rings is 2. The first-order valence-electron chi connectivity index (χ1n) is 10.2. The van der Waals surface area contributed by atoms with E-state index >= 15 is 0 Å². The number of hydrogen-bond acceptors (Lipinski definition) is 6. The van der Waals surface area contributed by atoms with Gasteiger partial charge in [-0.05, 0) is 49.2 Å². The zero-order valence-corrected chi connectivity index (χ0v) is 17.6. The zero-order chi connectivity index (χ0) is 21.6. The number of nitrogens with zero attached hydrogens (tertiary/aromatic N) is 3. The summed E-state index contributed by atoms with van der Waals surface area (Å²) in [6.07, 6.45) is 2.41. The maximum Gasteiger partial charge on any atom is 0.323 e. The number of aromatic nitrogens is 2. The molecule has 0 bridgehead atoms. The van der Waals surface area contributed by atoms with Crippen LogP contribution in [0.3, 0.4) is 0 Å². The molecule has 8 heteroatoms. The van der Waals surface area contributed by atoms with Crippen molar-refractivity contribution >= 4 is 23.2 Å². The molecule has 2 aromatic carbocycles. The van der Waals surface area contributed by atoms with Gasteiger partial charge in [0.2, 0.25) is 0 Å². The summed E-state index contributed by atoms with van der Waals surface area (Å²) in [6, 6.07) is 16.3. The predicted octanol–water partition coefficient (Wildman–Crippen LogP) is 4.41. The minimum Gasteiger partial charge on any atom is -0.497 e. The lowest BCUT2D eigenvalue weighted by atomic mass is 10.1. The van der Waals surface area contributed by atoms with E-state index in [-0.39, 0.29) is 6.03 Å². The lowest BCUT2D eigenvalue weighted by Crippen LogP contribution is -2.19. The molecular weight excluding hydrogens is 394 g/mol. The normalized spacial score (nSPS) is 13.0. The van der Waals surface area contributed by atoms with E-state index in [4.69, 9.17) is 9.47 Å². The van der Waals surface area contributed by atoms with Crippen LogP contribution in [0.4, 0.5) is 22.0 Å². The molecule has 4 rings (SSSR count). The number of hydrogen-bond donors (Lipinski definition) is 2. The van der Waals surface area contributed by atoms with E-state index in [1.54, 1.807) is 32.4 Å². The fourth-order valence-corrected chi connectivity index (χ4v) is 3.51. The number of anilines is 3. The van der Waals surface area contributed by atoms with Crippen molar-refractivity contribution in [1.29, 1.82) is 0 Å². The molecule has 1 saturated heterocycles. The molecule has 0 atom stereocenters. The second kappa shape index (κ2) is 9.34. The van der Waals surface area contributed by atoms with Gasteiger partial charge in [0.15, 0.2) is 5.82 Å². The molecule has 1 aromatic heterocycles. The summed E-state index contributed by atoms with van der Waals surface area (Å²) in [5.74, 6) is 2.09. The Balaban J connectivity index is 1.40. The van der Waals surface area contributed by atoms with Gasteiger partial charge in [0.25, 0.3) is 0 Å². The smallest absolute Gasteiger partial charge is 0.323 e. The summed E-state index contributed by atoms with van der Waals surface area (Å²) in [5, 5.41) is 14.3. The fourth-order valence-electron chi connectivity index (χ4n) is 3.51. The van der Waals surface area contributed by atoms with E-state index in [1.165, 1.54) is 12.8 Å². The number of amides is 2. The summed E-state index contributed by atoms with van der Waals surface area (Å²) in [4.78, 5) is 14.7. The lowest BCUT2D eigenvalue weighted by molar-refractivity contribution is 0.262. The van der Waals surface area contributed by atoms with Crippen LogP contribution in [-0.2, 0) is 0 Å². The van der Waals surface area contributed by atoms with Crippen LogP contribution in [0, 0.1) is 0 Å². The van der Waals surface area contributed by atoms with Gasteiger partial charge in [-0.2, -0.15) is 0 Å². The molecule has 2 N–H and O–H groups in total. The number of nitrogens with one attached hydrogen (secondary N) is 2. The first kappa shape index (κ1) is 20.5. The van der Waals surface area contributed by atoms with Gasteiger partial charge in [-0.1, -0.05) is 12.1 Å². The van der Waals surface area contributed by atoms with Gasteiger partial charge < -0.3 is 25.0 Å². The number of ether oxygens (including phenoxy) is 2. The zero-order valence-electron chi connectivity index (χ0n) is 17.6. The van der Waals surface area contributed by atoms with E-state index < -0.39 is 0 Å². The molecule has 0 radical (unpaired) electrons. The molecule has 31 heavy (non-hydrogen) atoms. The van der Waals surface area contributed by atoms with Crippen LogP contribution in [0.1, 0.15) is 12.8 Å². The first-order chi connectivity index (χ1) is 15.2. The van der Waals surface area contributed by atoms with Crippen LogP contribution in [0.15, 0.2) is 54.6 Å². The molecule has 3 aromatic rings. The summed E-state index contributed by atoms with van der Waals surface area (Å²) < 4.78 is 10.5. The molecule has 2 heterocycles.